The highest BCUT2D eigenvalue weighted by atomic mass is 16.1. The molecule has 1 saturated carbocycles. The van der Waals surface area contributed by atoms with Crippen LogP contribution in [0.3, 0.4) is 0 Å². The van der Waals surface area contributed by atoms with E-state index in [0.29, 0.717) is 11.6 Å². The van der Waals surface area contributed by atoms with Crippen LogP contribution in [-0.4, -0.2) is 36.6 Å². The number of pyridine rings is 1. The minimum absolute atomic E-state index is 0.0234. The molecular weight excluding hydrogens is 324 g/mol. The van der Waals surface area contributed by atoms with Crippen LogP contribution in [0.2, 0.25) is 0 Å². The fraction of sp³-hybridized carbons (Fsp3) is 0.429. The summed E-state index contributed by atoms with van der Waals surface area (Å²) >= 11 is 0. The van der Waals surface area contributed by atoms with Crippen LogP contribution < -0.4 is 15.5 Å². The maximum Gasteiger partial charge on any atom is 0.251 e. The number of aromatic nitrogens is 1. The second-order valence-corrected chi connectivity index (χ2v) is 7.22. The lowest BCUT2D eigenvalue weighted by Gasteiger charge is -2.35. The van der Waals surface area contributed by atoms with Crippen LogP contribution in [0.4, 0.5) is 5.82 Å². The Hall–Kier alpha value is -2.40. The van der Waals surface area contributed by atoms with Gasteiger partial charge in [-0.15, -0.1) is 0 Å². The predicted molar refractivity (Wildman–Crippen MR) is 103 cm³/mol. The van der Waals surface area contributed by atoms with Crippen molar-refractivity contribution >= 4 is 11.7 Å². The molecule has 0 bridgehead atoms. The Bertz CT molecular complexity index is 743. The summed E-state index contributed by atoms with van der Waals surface area (Å²) < 4.78 is 0. The molecule has 1 aliphatic carbocycles. The lowest BCUT2D eigenvalue weighted by atomic mass is 10.0. The van der Waals surface area contributed by atoms with Crippen LogP contribution in [-0.2, 0) is 0 Å². The zero-order valence-corrected chi connectivity index (χ0v) is 15.0. The van der Waals surface area contributed by atoms with Crippen molar-refractivity contribution in [3.8, 4) is 0 Å². The number of benzene rings is 1. The van der Waals surface area contributed by atoms with Gasteiger partial charge in [0.15, 0.2) is 0 Å². The zero-order valence-electron chi connectivity index (χ0n) is 15.0. The van der Waals surface area contributed by atoms with Gasteiger partial charge in [0, 0.05) is 43.5 Å². The molecule has 5 nitrogen and oxygen atoms in total. The SMILES string of the molecule is O=C(NC1CCCC1)c1ccnc(N2CCN[C@H](c3ccccc3)C2)c1. The summed E-state index contributed by atoms with van der Waals surface area (Å²) in [6, 6.07) is 14.8. The Balaban J connectivity index is 1.46. The third kappa shape index (κ3) is 3.88. The molecule has 2 N–H and O–H groups in total. The number of carbonyl (C=O) groups excluding carboxylic acids is 1. The first-order valence-corrected chi connectivity index (χ1v) is 9.60. The summed E-state index contributed by atoms with van der Waals surface area (Å²) in [6.07, 6.45) is 6.38. The monoisotopic (exact) mass is 350 g/mol. The summed E-state index contributed by atoms with van der Waals surface area (Å²) in [4.78, 5) is 19.3. The molecule has 0 unspecified atom stereocenters. The molecule has 5 heteroatoms. The molecule has 1 amide bonds. The molecule has 1 aliphatic heterocycles. The molecule has 1 aromatic heterocycles. The van der Waals surface area contributed by atoms with Crippen LogP contribution in [0.1, 0.15) is 47.6 Å². The second-order valence-electron chi connectivity index (χ2n) is 7.22. The van der Waals surface area contributed by atoms with Crippen molar-refractivity contribution < 1.29 is 4.79 Å². The van der Waals surface area contributed by atoms with E-state index in [0.717, 1.165) is 38.3 Å². The smallest absolute Gasteiger partial charge is 0.251 e. The minimum atomic E-state index is 0.0234. The van der Waals surface area contributed by atoms with Crippen molar-refractivity contribution in [1.82, 2.24) is 15.6 Å². The second kappa shape index (κ2) is 7.87. The van der Waals surface area contributed by atoms with Gasteiger partial charge in [-0.3, -0.25) is 4.79 Å². The van der Waals surface area contributed by atoms with E-state index in [-0.39, 0.29) is 11.9 Å². The number of piperazine rings is 1. The van der Waals surface area contributed by atoms with E-state index < -0.39 is 0 Å². The van der Waals surface area contributed by atoms with E-state index in [2.05, 4.69) is 44.8 Å². The fourth-order valence-corrected chi connectivity index (χ4v) is 3.94. The molecule has 0 radical (unpaired) electrons. The molecule has 1 saturated heterocycles. The van der Waals surface area contributed by atoms with Gasteiger partial charge < -0.3 is 15.5 Å². The highest BCUT2D eigenvalue weighted by molar-refractivity contribution is 5.95. The number of rotatable bonds is 4. The summed E-state index contributed by atoms with van der Waals surface area (Å²) in [6.45, 7) is 2.65. The van der Waals surface area contributed by atoms with Gasteiger partial charge in [0.1, 0.15) is 5.82 Å². The van der Waals surface area contributed by atoms with E-state index in [9.17, 15) is 4.79 Å². The third-order valence-electron chi connectivity index (χ3n) is 5.40. The quantitative estimate of drug-likeness (QED) is 0.890. The van der Waals surface area contributed by atoms with Crippen LogP contribution in [0, 0.1) is 0 Å². The van der Waals surface area contributed by atoms with Crippen molar-refractivity contribution in [3.63, 3.8) is 0 Å². The number of nitrogens with one attached hydrogen (secondary N) is 2. The predicted octanol–water partition coefficient (Wildman–Crippen LogP) is 2.90. The maximum atomic E-state index is 12.6. The maximum absolute atomic E-state index is 12.6. The zero-order chi connectivity index (χ0) is 17.8. The summed E-state index contributed by atoms with van der Waals surface area (Å²) in [5.74, 6) is 0.904. The van der Waals surface area contributed by atoms with E-state index in [1.54, 1.807) is 6.20 Å². The molecule has 4 rings (SSSR count). The van der Waals surface area contributed by atoms with Crippen LogP contribution in [0.5, 0.6) is 0 Å². The average molecular weight is 350 g/mol. The number of anilines is 1. The summed E-state index contributed by atoms with van der Waals surface area (Å²) in [5, 5.41) is 6.73. The highest BCUT2D eigenvalue weighted by Crippen LogP contribution is 2.22. The normalized spacial score (nSPS) is 20.9. The molecule has 2 heterocycles. The largest absolute Gasteiger partial charge is 0.353 e. The molecule has 2 aromatic rings. The highest BCUT2D eigenvalue weighted by Gasteiger charge is 2.23. The van der Waals surface area contributed by atoms with E-state index in [1.807, 2.05) is 18.2 Å². The Kier molecular flexibility index (Phi) is 5.16. The van der Waals surface area contributed by atoms with Crippen LogP contribution in [0.15, 0.2) is 48.7 Å². The van der Waals surface area contributed by atoms with Gasteiger partial charge in [-0.05, 0) is 30.5 Å². The molecule has 136 valence electrons. The van der Waals surface area contributed by atoms with Gasteiger partial charge in [0.2, 0.25) is 0 Å². The van der Waals surface area contributed by atoms with E-state index in [4.69, 9.17) is 0 Å². The summed E-state index contributed by atoms with van der Waals surface area (Å²) in [7, 11) is 0. The number of carbonyl (C=O) groups is 1. The topological polar surface area (TPSA) is 57.3 Å². The summed E-state index contributed by atoms with van der Waals surface area (Å²) in [5.41, 5.74) is 1.99. The Labute approximate surface area is 154 Å². The van der Waals surface area contributed by atoms with Crippen LogP contribution >= 0.6 is 0 Å². The lowest BCUT2D eigenvalue weighted by molar-refractivity contribution is 0.0938. The van der Waals surface area contributed by atoms with Gasteiger partial charge in [0.25, 0.3) is 5.91 Å². The standard InChI is InChI=1S/C21H26N4O/c26-21(24-18-8-4-5-9-18)17-10-11-23-20(14-17)25-13-12-22-19(15-25)16-6-2-1-3-7-16/h1-3,6-7,10-11,14,18-19,22H,4-5,8-9,12-13,15H2,(H,24,26)/t19-/m0/s1. The van der Waals surface area contributed by atoms with Gasteiger partial charge in [0.05, 0.1) is 0 Å². The Morgan fingerprint density at radius 1 is 1.15 bits per heavy atom. The molecule has 2 aliphatic rings. The van der Waals surface area contributed by atoms with Gasteiger partial charge >= 0.3 is 0 Å². The van der Waals surface area contributed by atoms with Crippen molar-refractivity contribution in [2.45, 2.75) is 37.8 Å². The van der Waals surface area contributed by atoms with E-state index in [1.165, 1.54) is 18.4 Å². The van der Waals surface area contributed by atoms with Gasteiger partial charge in [-0.2, -0.15) is 0 Å². The number of hydrogen-bond donors (Lipinski definition) is 2. The van der Waals surface area contributed by atoms with Crippen molar-refractivity contribution in [1.29, 1.82) is 0 Å². The first-order chi connectivity index (χ1) is 12.8. The number of amides is 1. The molecule has 2 fully saturated rings. The van der Waals surface area contributed by atoms with E-state index >= 15 is 0 Å². The van der Waals surface area contributed by atoms with Gasteiger partial charge in [-0.25, -0.2) is 4.98 Å². The molecule has 26 heavy (non-hydrogen) atoms. The number of nitrogens with zero attached hydrogens (tertiary/aromatic N) is 2. The first kappa shape index (κ1) is 17.0. The van der Waals surface area contributed by atoms with Crippen molar-refractivity contribution in [3.05, 3.63) is 59.8 Å². The molecule has 1 atom stereocenters. The molecular formula is C21H26N4O. The van der Waals surface area contributed by atoms with Crippen molar-refractivity contribution in [2.24, 2.45) is 0 Å². The minimum Gasteiger partial charge on any atom is -0.353 e. The number of hydrogen-bond acceptors (Lipinski definition) is 4. The third-order valence-corrected chi connectivity index (χ3v) is 5.40. The Morgan fingerprint density at radius 2 is 1.96 bits per heavy atom. The first-order valence-electron chi connectivity index (χ1n) is 9.60. The average Bonchev–Trinajstić information content (AvgIpc) is 3.22. The molecule has 0 spiro atoms. The lowest BCUT2D eigenvalue weighted by Crippen LogP contribution is -2.46. The van der Waals surface area contributed by atoms with Crippen molar-refractivity contribution in [2.75, 3.05) is 24.5 Å². The molecule has 1 aromatic carbocycles. The fourth-order valence-electron chi connectivity index (χ4n) is 3.94. The van der Waals surface area contributed by atoms with Crippen LogP contribution in [0.25, 0.3) is 0 Å². The Morgan fingerprint density at radius 3 is 2.77 bits per heavy atom. The van der Waals surface area contributed by atoms with Gasteiger partial charge in [-0.1, -0.05) is 43.2 Å².